The van der Waals surface area contributed by atoms with E-state index in [9.17, 15) is 0 Å². The van der Waals surface area contributed by atoms with E-state index in [1.807, 2.05) is 13.1 Å². The minimum Gasteiger partial charge on any atom is -0.396 e. The Morgan fingerprint density at radius 3 is 2.71 bits per heavy atom. The van der Waals surface area contributed by atoms with Crippen molar-refractivity contribution in [2.24, 2.45) is 5.92 Å². The number of aromatic nitrogens is 1. The molecule has 1 N–H and O–H groups in total. The average Bonchev–Trinajstić information content (AvgIpc) is 2.38. The van der Waals surface area contributed by atoms with Crippen molar-refractivity contribution in [3.63, 3.8) is 0 Å². The highest BCUT2D eigenvalue weighted by Crippen LogP contribution is 2.25. The van der Waals surface area contributed by atoms with Crippen molar-refractivity contribution < 1.29 is 5.11 Å². The number of pyridine rings is 1. The van der Waals surface area contributed by atoms with Crippen LogP contribution in [0.1, 0.15) is 31.4 Å². The number of piperidine rings is 1. The minimum atomic E-state index is 0.335. The highest BCUT2D eigenvalue weighted by atomic mass is 16.2. The van der Waals surface area contributed by atoms with Crippen LogP contribution >= 0.6 is 0 Å². The van der Waals surface area contributed by atoms with Crippen LogP contribution in [0.3, 0.4) is 0 Å². The van der Waals surface area contributed by atoms with Gasteiger partial charge in [0.25, 0.3) is 0 Å². The second-order valence-electron chi connectivity index (χ2n) is 4.95. The molecule has 2 heterocycles. The van der Waals surface area contributed by atoms with Gasteiger partial charge >= 0.3 is 0 Å². The Balaban J connectivity index is 1.84. The SMILES string of the molecule is Cc1ccc(N2CCC(CCCO)CC2)cn1. The smallest absolute Gasteiger partial charge is 0.0552 e. The normalized spacial score (nSPS) is 17.4. The first-order valence-electron chi connectivity index (χ1n) is 6.58. The molecule has 0 unspecified atom stereocenters. The first-order chi connectivity index (χ1) is 8.29. The summed E-state index contributed by atoms with van der Waals surface area (Å²) < 4.78 is 0. The van der Waals surface area contributed by atoms with E-state index < -0.39 is 0 Å². The van der Waals surface area contributed by atoms with Gasteiger partial charge in [0.05, 0.1) is 11.9 Å². The maximum atomic E-state index is 8.83. The number of aliphatic hydroxyl groups excluding tert-OH is 1. The van der Waals surface area contributed by atoms with Crippen LogP contribution < -0.4 is 4.90 Å². The number of hydrogen-bond acceptors (Lipinski definition) is 3. The molecule has 0 amide bonds. The zero-order valence-corrected chi connectivity index (χ0v) is 10.6. The highest BCUT2D eigenvalue weighted by Gasteiger charge is 2.18. The van der Waals surface area contributed by atoms with Crippen molar-refractivity contribution in [3.05, 3.63) is 24.0 Å². The second kappa shape index (κ2) is 6.01. The van der Waals surface area contributed by atoms with E-state index in [0.717, 1.165) is 31.1 Å². The van der Waals surface area contributed by atoms with Crippen molar-refractivity contribution in [1.29, 1.82) is 0 Å². The third kappa shape index (κ3) is 3.43. The molecule has 3 heteroatoms. The van der Waals surface area contributed by atoms with E-state index in [2.05, 4.69) is 22.0 Å². The second-order valence-corrected chi connectivity index (χ2v) is 4.95. The molecule has 0 spiro atoms. The molecule has 1 aliphatic heterocycles. The summed E-state index contributed by atoms with van der Waals surface area (Å²) in [5.74, 6) is 0.803. The van der Waals surface area contributed by atoms with Gasteiger partial charge in [-0.2, -0.15) is 0 Å². The molecular formula is C14H22N2O. The Hall–Kier alpha value is -1.09. The maximum absolute atomic E-state index is 8.83. The summed E-state index contributed by atoms with van der Waals surface area (Å²) in [7, 11) is 0. The van der Waals surface area contributed by atoms with Crippen LogP contribution in [0.4, 0.5) is 5.69 Å². The highest BCUT2D eigenvalue weighted by molar-refractivity contribution is 5.44. The van der Waals surface area contributed by atoms with Gasteiger partial charge in [-0.05, 0) is 50.7 Å². The summed E-state index contributed by atoms with van der Waals surface area (Å²) >= 11 is 0. The molecule has 0 bridgehead atoms. The van der Waals surface area contributed by atoms with Crippen LogP contribution in [0, 0.1) is 12.8 Å². The summed E-state index contributed by atoms with van der Waals surface area (Å²) in [5.41, 5.74) is 2.32. The van der Waals surface area contributed by atoms with Crippen molar-refractivity contribution in [3.8, 4) is 0 Å². The van der Waals surface area contributed by atoms with Gasteiger partial charge in [0.15, 0.2) is 0 Å². The molecule has 1 aliphatic rings. The molecule has 17 heavy (non-hydrogen) atoms. The molecule has 1 aromatic heterocycles. The molecule has 3 nitrogen and oxygen atoms in total. The summed E-state index contributed by atoms with van der Waals surface area (Å²) in [6, 6.07) is 4.24. The maximum Gasteiger partial charge on any atom is 0.0552 e. The number of hydrogen-bond donors (Lipinski definition) is 1. The van der Waals surface area contributed by atoms with E-state index in [1.165, 1.54) is 24.9 Å². The van der Waals surface area contributed by atoms with Crippen molar-refractivity contribution >= 4 is 5.69 Å². The van der Waals surface area contributed by atoms with E-state index >= 15 is 0 Å². The van der Waals surface area contributed by atoms with Gasteiger partial charge in [-0.1, -0.05) is 0 Å². The Labute approximate surface area is 103 Å². The Bertz CT molecular complexity index is 329. The minimum absolute atomic E-state index is 0.335. The van der Waals surface area contributed by atoms with Crippen LogP contribution in [-0.4, -0.2) is 29.8 Å². The summed E-state index contributed by atoms with van der Waals surface area (Å²) in [6.45, 7) is 4.61. The fourth-order valence-corrected chi connectivity index (χ4v) is 2.51. The zero-order valence-electron chi connectivity index (χ0n) is 10.6. The van der Waals surface area contributed by atoms with E-state index in [1.54, 1.807) is 0 Å². The fraction of sp³-hybridized carbons (Fsp3) is 0.643. The van der Waals surface area contributed by atoms with Gasteiger partial charge in [-0.3, -0.25) is 4.98 Å². The molecule has 0 saturated carbocycles. The zero-order chi connectivity index (χ0) is 12.1. The van der Waals surface area contributed by atoms with Gasteiger partial charge in [0.1, 0.15) is 0 Å². The van der Waals surface area contributed by atoms with Crippen LogP contribution in [0.2, 0.25) is 0 Å². The predicted octanol–water partition coefficient (Wildman–Crippen LogP) is 2.38. The lowest BCUT2D eigenvalue weighted by Gasteiger charge is -2.33. The average molecular weight is 234 g/mol. The molecule has 0 aliphatic carbocycles. The molecule has 1 saturated heterocycles. The van der Waals surface area contributed by atoms with Crippen molar-refractivity contribution in [1.82, 2.24) is 4.98 Å². The molecule has 2 rings (SSSR count). The lowest BCUT2D eigenvalue weighted by Crippen LogP contribution is -2.33. The van der Waals surface area contributed by atoms with Crippen LogP contribution in [-0.2, 0) is 0 Å². The monoisotopic (exact) mass is 234 g/mol. The van der Waals surface area contributed by atoms with Gasteiger partial charge < -0.3 is 10.0 Å². The fourth-order valence-electron chi connectivity index (χ4n) is 2.51. The molecule has 0 atom stereocenters. The van der Waals surface area contributed by atoms with Crippen LogP contribution in [0.5, 0.6) is 0 Å². The molecule has 0 radical (unpaired) electrons. The molecular weight excluding hydrogens is 212 g/mol. The molecule has 1 fully saturated rings. The van der Waals surface area contributed by atoms with E-state index in [4.69, 9.17) is 5.11 Å². The number of aliphatic hydroxyl groups is 1. The third-order valence-corrected chi connectivity index (χ3v) is 3.65. The number of nitrogens with zero attached hydrogens (tertiary/aromatic N) is 2. The first kappa shape index (κ1) is 12.4. The van der Waals surface area contributed by atoms with Crippen molar-refractivity contribution in [2.45, 2.75) is 32.6 Å². The number of anilines is 1. The Morgan fingerprint density at radius 2 is 2.12 bits per heavy atom. The van der Waals surface area contributed by atoms with Crippen molar-refractivity contribution in [2.75, 3.05) is 24.6 Å². The standard InChI is InChI=1S/C14H22N2O/c1-12-4-5-14(11-15-12)16-8-6-13(7-9-16)3-2-10-17/h4-5,11,13,17H,2-3,6-10H2,1H3. The number of aryl methyl sites for hydroxylation is 1. The summed E-state index contributed by atoms with van der Waals surface area (Å²) in [4.78, 5) is 6.77. The Kier molecular flexibility index (Phi) is 4.37. The topological polar surface area (TPSA) is 36.4 Å². The molecule has 1 aromatic rings. The first-order valence-corrected chi connectivity index (χ1v) is 6.58. The van der Waals surface area contributed by atoms with Crippen LogP contribution in [0.25, 0.3) is 0 Å². The van der Waals surface area contributed by atoms with Gasteiger partial charge in [-0.15, -0.1) is 0 Å². The van der Waals surface area contributed by atoms with E-state index in [-0.39, 0.29) is 0 Å². The Morgan fingerprint density at radius 1 is 1.35 bits per heavy atom. The summed E-state index contributed by atoms with van der Waals surface area (Å²) in [6.07, 6.45) is 6.60. The molecule has 94 valence electrons. The summed E-state index contributed by atoms with van der Waals surface area (Å²) in [5, 5.41) is 8.83. The predicted molar refractivity (Wildman–Crippen MR) is 70.2 cm³/mol. The largest absolute Gasteiger partial charge is 0.396 e. The lowest BCUT2D eigenvalue weighted by molar-refractivity contribution is 0.261. The third-order valence-electron chi connectivity index (χ3n) is 3.65. The van der Waals surface area contributed by atoms with E-state index in [0.29, 0.717) is 6.61 Å². The van der Waals surface area contributed by atoms with Gasteiger partial charge in [0, 0.05) is 25.4 Å². The number of rotatable bonds is 4. The van der Waals surface area contributed by atoms with Gasteiger partial charge in [0.2, 0.25) is 0 Å². The van der Waals surface area contributed by atoms with Crippen LogP contribution in [0.15, 0.2) is 18.3 Å². The quantitative estimate of drug-likeness (QED) is 0.869. The molecule has 0 aromatic carbocycles. The lowest BCUT2D eigenvalue weighted by atomic mass is 9.92. The van der Waals surface area contributed by atoms with Gasteiger partial charge in [-0.25, -0.2) is 0 Å².